The fraction of sp³-hybridized carbons (Fsp3) is 0.235. The van der Waals surface area contributed by atoms with Crippen LogP contribution in [-0.4, -0.2) is 40.8 Å². The van der Waals surface area contributed by atoms with Crippen molar-refractivity contribution in [3.8, 4) is 11.5 Å². The van der Waals surface area contributed by atoms with E-state index in [4.69, 9.17) is 9.47 Å². The Morgan fingerprint density at radius 2 is 1.96 bits per heavy atom. The van der Waals surface area contributed by atoms with Gasteiger partial charge in [-0.2, -0.15) is 0 Å². The van der Waals surface area contributed by atoms with Crippen molar-refractivity contribution in [2.75, 3.05) is 20.3 Å². The molecular formula is C17H17NO6S. The largest absolute Gasteiger partial charge is 0.486 e. The van der Waals surface area contributed by atoms with Crippen LogP contribution in [0, 0.1) is 0 Å². The molecule has 1 N–H and O–H groups in total. The fourth-order valence-corrected chi connectivity index (χ4v) is 3.47. The highest BCUT2D eigenvalue weighted by Gasteiger charge is 2.23. The number of benzene rings is 2. The van der Waals surface area contributed by atoms with E-state index in [1.54, 1.807) is 12.1 Å². The number of sulfonamides is 1. The van der Waals surface area contributed by atoms with Crippen molar-refractivity contribution in [2.24, 2.45) is 0 Å². The molecule has 1 aliphatic rings. The maximum absolute atomic E-state index is 12.4. The highest BCUT2D eigenvalue weighted by molar-refractivity contribution is 7.89. The average Bonchev–Trinajstić information content (AvgIpc) is 2.65. The molecule has 1 aliphatic heterocycles. The van der Waals surface area contributed by atoms with Gasteiger partial charge >= 0.3 is 5.97 Å². The van der Waals surface area contributed by atoms with E-state index in [1.807, 2.05) is 12.1 Å². The lowest BCUT2D eigenvalue weighted by Gasteiger charge is -2.26. The predicted molar refractivity (Wildman–Crippen MR) is 89.3 cm³/mol. The minimum Gasteiger partial charge on any atom is -0.486 e. The molecule has 0 fully saturated rings. The Balaban J connectivity index is 1.68. The Kier molecular flexibility index (Phi) is 4.91. The summed E-state index contributed by atoms with van der Waals surface area (Å²) in [5.74, 6) is 0.607. The standard InChI is InChI=1S/C17H17NO6S/c1-22-17(19)12-5-4-6-14(9-12)25(20,21)18-10-13-11-23-15-7-2-3-8-16(15)24-13/h2-9,13,18H,10-11H2,1H3/t13-/m1/s1. The number of para-hydroxylation sites is 2. The number of rotatable bonds is 5. The van der Waals surface area contributed by atoms with E-state index < -0.39 is 22.1 Å². The summed E-state index contributed by atoms with van der Waals surface area (Å²) < 4.78 is 43.2. The molecule has 1 heterocycles. The van der Waals surface area contributed by atoms with Crippen molar-refractivity contribution in [3.05, 3.63) is 54.1 Å². The SMILES string of the molecule is COC(=O)c1cccc(S(=O)(=O)NC[C@@H]2COc3ccccc3O2)c1. The number of carbonyl (C=O) groups is 1. The monoisotopic (exact) mass is 363 g/mol. The Morgan fingerprint density at radius 1 is 1.20 bits per heavy atom. The molecule has 0 bridgehead atoms. The minimum atomic E-state index is -3.79. The van der Waals surface area contributed by atoms with Gasteiger partial charge in [0.15, 0.2) is 11.5 Å². The van der Waals surface area contributed by atoms with Crippen LogP contribution in [0.25, 0.3) is 0 Å². The first kappa shape index (κ1) is 17.2. The molecule has 0 aromatic heterocycles. The zero-order chi connectivity index (χ0) is 17.9. The van der Waals surface area contributed by atoms with Gasteiger partial charge in [0.05, 0.1) is 24.1 Å². The average molecular weight is 363 g/mol. The number of carbonyl (C=O) groups excluding carboxylic acids is 1. The second-order valence-electron chi connectivity index (χ2n) is 5.37. The van der Waals surface area contributed by atoms with Crippen LogP contribution in [0.4, 0.5) is 0 Å². The van der Waals surface area contributed by atoms with Crippen LogP contribution < -0.4 is 14.2 Å². The molecule has 0 aliphatic carbocycles. The first-order chi connectivity index (χ1) is 12.0. The van der Waals surface area contributed by atoms with Crippen LogP contribution in [0.3, 0.4) is 0 Å². The third-order valence-electron chi connectivity index (χ3n) is 3.63. The van der Waals surface area contributed by atoms with Gasteiger partial charge in [-0.25, -0.2) is 17.9 Å². The Bertz CT molecular complexity index is 880. The molecule has 0 spiro atoms. The smallest absolute Gasteiger partial charge is 0.337 e. The second kappa shape index (κ2) is 7.12. The molecule has 7 nitrogen and oxygen atoms in total. The first-order valence-electron chi connectivity index (χ1n) is 7.56. The molecule has 25 heavy (non-hydrogen) atoms. The van der Waals surface area contributed by atoms with E-state index in [1.165, 1.54) is 31.4 Å². The highest BCUT2D eigenvalue weighted by Crippen LogP contribution is 2.30. The van der Waals surface area contributed by atoms with Gasteiger partial charge < -0.3 is 14.2 Å². The minimum absolute atomic E-state index is 0.0208. The number of esters is 1. The van der Waals surface area contributed by atoms with Crippen LogP contribution in [-0.2, 0) is 14.8 Å². The van der Waals surface area contributed by atoms with Crippen molar-refractivity contribution in [2.45, 2.75) is 11.0 Å². The van der Waals surface area contributed by atoms with Crippen molar-refractivity contribution in [1.29, 1.82) is 0 Å². The van der Waals surface area contributed by atoms with Crippen molar-refractivity contribution in [1.82, 2.24) is 4.72 Å². The van der Waals surface area contributed by atoms with Crippen LogP contribution in [0.1, 0.15) is 10.4 Å². The number of hydrogen-bond donors (Lipinski definition) is 1. The second-order valence-corrected chi connectivity index (χ2v) is 7.14. The lowest BCUT2D eigenvalue weighted by molar-refractivity contribution is 0.0600. The fourth-order valence-electron chi connectivity index (χ4n) is 2.36. The summed E-state index contributed by atoms with van der Waals surface area (Å²) >= 11 is 0. The zero-order valence-electron chi connectivity index (χ0n) is 13.5. The molecule has 8 heteroatoms. The van der Waals surface area contributed by atoms with Gasteiger partial charge in [-0.1, -0.05) is 18.2 Å². The summed E-state index contributed by atoms with van der Waals surface area (Å²) in [5, 5.41) is 0. The number of methoxy groups -OCH3 is 1. The van der Waals surface area contributed by atoms with Crippen LogP contribution in [0.15, 0.2) is 53.4 Å². The summed E-state index contributed by atoms with van der Waals surface area (Å²) in [4.78, 5) is 11.5. The Morgan fingerprint density at radius 3 is 2.72 bits per heavy atom. The molecule has 132 valence electrons. The predicted octanol–water partition coefficient (Wildman–Crippen LogP) is 1.59. The van der Waals surface area contributed by atoms with Gasteiger partial charge in [0.2, 0.25) is 10.0 Å². The molecule has 2 aromatic carbocycles. The molecule has 0 saturated heterocycles. The Hall–Kier alpha value is -2.58. The summed E-state index contributed by atoms with van der Waals surface area (Å²) in [7, 11) is -2.56. The van der Waals surface area contributed by atoms with Crippen molar-refractivity contribution >= 4 is 16.0 Å². The lowest BCUT2D eigenvalue weighted by atomic mass is 10.2. The van der Waals surface area contributed by atoms with Gasteiger partial charge in [-0.3, -0.25) is 0 Å². The van der Waals surface area contributed by atoms with Crippen molar-refractivity contribution < 1.29 is 27.4 Å². The number of hydrogen-bond acceptors (Lipinski definition) is 6. The first-order valence-corrected chi connectivity index (χ1v) is 9.04. The molecular weight excluding hydrogens is 346 g/mol. The highest BCUT2D eigenvalue weighted by atomic mass is 32.2. The third-order valence-corrected chi connectivity index (χ3v) is 5.06. The van der Waals surface area contributed by atoms with E-state index in [0.29, 0.717) is 11.5 Å². The van der Waals surface area contributed by atoms with Gasteiger partial charge in [-0.05, 0) is 30.3 Å². The van der Waals surface area contributed by atoms with E-state index in [2.05, 4.69) is 9.46 Å². The number of nitrogens with one attached hydrogen (secondary N) is 1. The van der Waals surface area contributed by atoms with Gasteiger partial charge in [0.1, 0.15) is 12.7 Å². The summed E-state index contributed by atoms with van der Waals surface area (Å²) in [6.45, 7) is 0.279. The van der Waals surface area contributed by atoms with Crippen molar-refractivity contribution in [3.63, 3.8) is 0 Å². The maximum atomic E-state index is 12.4. The number of ether oxygens (including phenoxy) is 3. The topological polar surface area (TPSA) is 90.9 Å². The quantitative estimate of drug-likeness (QED) is 0.812. The third kappa shape index (κ3) is 3.92. The zero-order valence-corrected chi connectivity index (χ0v) is 14.3. The number of fused-ring (bicyclic) bond motifs is 1. The molecule has 0 amide bonds. The Labute approximate surface area is 145 Å². The van der Waals surface area contributed by atoms with E-state index in [-0.39, 0.29) is 23.6 Å². The van der Waals surface area contributed by atoms with Crippen LogP contribution in [0.5, 0.6) is 11.5 Å². The summed E-state index contributed by atoms with van der Waals surface area (Å²) in [6.07, 6.45) is -0.450. The van der Waals surface area contributed by atoms with Crippen LogP contribution in [0.2, 0.25) is 0 Å². The van der Waals surface area contributed by atoms with Gasteiger partial charge in [-0.15, -0.1) is 0 Å². The van der Waals surface area contributed by atoms with Crippen LogP contribution >= 0.6 is 0 Å². The van der Waals surface area contributed by atoms with E-state index in [0.717, 1.165) is 0 Å². The van der Waals surface area contributed by atoms with Gasteiger partial charge in [0.25, 0.3) is 0 Å². The molecule has 0 unspecified atom stereocenters. The molecule has 3 rings (SSSR count). The summed E-state index contributed by atoms with van der Waals surface area (Å²) in [5.41, 5.74) is 0.163. The van der Waals surface area contributed by atoms with Gasteiger partial charge in [0, 0.05) is 0 Å². The molecule has 2 aromatic rings. The van der Waals surface area contributed by atoms with E-state index >= 15 is 0 Å². The normalized spacial score (nSPS) is 16.3. The lowest BCUT2D eigenvalue weighted by Crippen LogP contribution is -2.40. The molecule has 0 saturated carbocycles. The molecule has 0 radical (unpaired) electrons. The molecule has 1 atom stereocenters. The summed E-state index contributed by atoms with van der Waals surface area (Å²) in [6, 6.07) is 12.8. The maximum Gasteiger partial charge on any atom is 0.337 e. The van der Waals surface area contributed by atoms with E-state index in [9.17, 15) is 13.2 Å².